The zero-order valence-electron chi connectivity index (χ0n) is 10.2. The van der Waals surface area contributed by atoms with Crippen LogP contribution in [0.5, 0.6) is 0 Å². The predicted molar refractivity (Wildman–Crippen MR) is 64.9 cm³/mol. The summed E-state index contributed by atoms with van der Waals surface area (Å²) < 4.78 is 0. The molecule has 0 bridgehead atoms. The molecular weight excluding hydrogens is 236 g/mol. The van der Waals surface area contributed by atoms with Gasteiger partial charge < -0.3 is 5.11 Å². The maximum absolute atomic E-state index is 11.5. The van der Waals surface area contributed by atoms with E-state index in [-0.39, 0.29) is 23.5 Å². The Morgan fingerprint density at radius 3 is 2.83 bits per heavy atom. The van der Waals surface area contributed by atoms with Gasteiger partial charge in [0.25, 0.3) is 5.69 Å². The first-order valence-electron chi connectivity index (χ1n) is 5.36. The van der Waals surface area contributed by atoms with Gasteiger partial charge >= 0.3 is 0 Å². The topological polar surface area (TPSA) is 93.3 Å². The van der Waals surface area contributed by atoms with Crippen molar-refractivity contribution in [2.75, 3.05) is 0 Å². The summed E-state index contributed by atoms with van der Waals surface area (Å²) in [6.07, 6.45) is 2.42. The summed E-state index contributed by atoms with van der Waals surface area (Å²) in [6, 6.07) is 1.35. The highest BCUT2D eigenvalue weighted by molar-refractivity contribution is 5.90. The van der Waals surface area contributed by atoms with Crippen LogP contribution in [0.4, 0.5) is 5.69 Å². The highest BCUT2D eigenvalue weighted by Gasteiger charge is 2.21. The molecule has 1 heterocycles. The van der Waals surface area contributed by atoms with Crippen molar-refractivity contribution in [3.8, 4) is 0 Å². The Morgan fingerprint density at radius 1 is 1.61 bits per heavy atom. The Labute approximate surface area is 104 Å². The van der Waals surface area contributed by atoms with Gasteiger partial charge in [-0.15, -0.1) is 0 Å². The highest BCUT2D eigenvalue weighted by Crippen LogP contribution is 2.26. The van der Waals surface area contributed by atoms with Gasteiger partial charge in [0.2, 0.25) is 0 Å². The van der Waals surface area contributed by atoms with Crippen LogP contribution in [-0.4, -0.2) is 20.8 Å². The third kappa shape index (κ3) is 3.74. The maximum atomic E-state index is 11.5. The van der Waals surface area contributed by atoms with Gasteiger partial charge in [-0.1, -0.05) is 5.57 Å². The molecule has 1 atom stereocenters. The number of hydrogen-bond donors (Lipinski definition) is 1. The molecule has 0 aliphatic rings. The van der Waals surface area contributed by atoms with Gasteiger partial charge in [-0.3, -0.25) is 19.9 Å². The lowest BCUT2D eigenvalue weighted by atomic mass is 10.0. The quantitative estimate of drug-likeness (QED) is 0.489. The van der Waals surface area contributed by atoms with Gasteiger partial charge in [-0.25, -0.2) is 0 Å². The fourth-order valence-electron chi connectivity index (χ4n) is 1.51. The molecule has 6 heteroatoms. The van der Waals surface area contributed by atoms with Crippen molar-refractivity contribution in [1.82, 2.24) is 4.98 Å². The minimum absolute atomic E-state index is 0.102. The van der Waals surface area contributed by atoms with Crippen molar-refractivity contribution in [2.24, 2.45) is 0 Å². The molecule has 18 heavy (non-hydrogen) atoms. The molecule has 6 nitrogen and oxygen atoms in total. The van der Waals surface area contributed by atoms with Crippen LogP contribution in [0.3, 0.4) is 0 Å². The molecule has 0 radical (unpaired) electrons. The van der Waals surface area contributed by atoms with E-state index in [0.717, 1.165) is 11.8 Å². The van der Waals surface area contributed by atoms with E-state index in [1.807, 2.05) is 0 Å². The maximum Gasteiger partial charge on any atom is 0.293 e. The minimum Gasteiger partial charge on any atom is -0.388 e. The SMILES string of the molecule is CC(C)=CC(=O)CC(O)c1ccncc1[N+](=O)[O-]. The molecule has 0 fully saturated rings. The molecule has 0 aliphatic heterocycles. The van der Waals surface area contributed by atoms with E-state index >= 15 is 0 Å². The van der Waals surface area contributed by atoms with E-state index in [0.29, 0.717) is 0 Å². The summed E-state index contributed by atoms with van der Waals surface area (Å²) in [5.41, 5.74) is 0.636. The fourth-order valence-corrected chi connectivity index (χ4v) is 1.51. The van der Waals surface area contributed by atoms with Crippen LogP contribution in [0.25, 0.3) is 0 Å². The van der Waals surface area contributed by atoms with Crippen LogP contribution in [0, 0.1) is 10.1 Å². The number of carbonyl (C=O) groups is 1. The van der Waals surface area contributed by atoms with Crippen molar-refractivity contribution < 1.29 is 14.8 Å². The van der Waals surface area contributed by atoms with Gasteiger partial charge in [-0.2, -0.15) is 0 Å². The van der Waals surface area contributed by atoms with Gasteiger partial charge in [0.05, 0.1) is 16.6 Å². The number of aromatic nitrogens is 1. The molecular formula is C12H14N2O4. The minimum atomic E-state index is -1.20. The Morgan fingerprint density at radius 2 is 2.28 bits per heavy atom. The molecule has 1 unspecified atom stereocenters. The molecule has 1 aromatic rings. The summed E-state index contributed by atoms with van der Waals surface area (Å²) in [5.74, 6) is -0.270. The fraction of sp³-hybridized carbons (Fsp3) is 0.333. The third-order valence-corrected chi connectivity index (χ3v) is 2.23. The van der Waals surface area contributed by atoms with E-state index < -0.39 is 11.0 Å². The average Bonchev–Trinajstić information content (AvgIpc) is 2.27. The Kier molecular flexibility index (Phi) is 4.67. The molecule has 0 aromatic carbocycles. The summed E-state index contributed by atoms with van der Waals surface area (Å²) >= 11 is 0. The van der Waals surface area contributed by atoms with Crippen LogP contribution in [0.15, 0.2) is 30.1 Å². The average molecular weight is 250 g/mol. The first-order chi connectivity index (χ1) is 8.41. The second-order valence-corrected chi connectivity index (χ2v) is 4.10. The van der Waals surface area contributed by atoms with E-state index in [1.54, 1.807) is 13.8 Å². The van der Waals surface area contributed by atoms with Crippen LogP contribution in [0.1, 0.15) is 31.9 Å². The van der Waals surface area contributed by atoms with Crippen LogP contribution in [0.2, 0.25) is 0 Å². The predicted octanol–water partition coefficient (Wildman–Crippen LogP) is 1.95. The summed E-state index contributed by atoms with van der Waals surface area (Å²) in [5, 5.41) is 20.6. The number of aliphatic hydroxyl groups is 1. The Hall–Kier alpha value is -2.08. The number of allylic oxidation sites excluding steroid dienone is 2. The second-order valence-electron chi connectivity index (χ2n) is 4.10. The van der Waals surface area contributed by atoms with Crippen LogP contribution < -0.4 is 0 Å². The van der Waals surface area contributed by atoms with Crippen molar-refractivity contribution >= 4 is 11.5 Å². The molecule has 1 N–H and O–H groups in total. The van der Waals surface area contributed by atoms with E-state index in [2.05, 4.69) is 4.98 Å². The van der Waals surface area contributed by atoms with Gasteiger partial charge in [-0.05, 0) is 26.0 Å². The summed E-state index contributed by atoms with van der Waals surface area (Å²) in [6.45, 7) is 3.53. The monoisotopic (exact) mass is 250 g/mol. The number of nitro groups is 1. The zero-order valence-corrected chi connectivity index (χ0v) is 10.2. The first-order valence-corrected chi connectivity index (χ1v) is 5.36. The second kappa shape index (κ2) is 6.02. The smallest absolute Gasteiger partial charge is 0.293 e. The lowest BCUT2D eigenvalue weighted by Crippen LogP contribution is -2.07. The lowest BCUT2D eigenvalue weighted by Gasteiger charge is -2.08. The largest absolute Gasteiger partial charge is 0.388 e. The standard InChI is InChI=1S/C12H14N2O4/c1-8(2)5-9(15)6-12(16)10-3-4-13-7-11(10)14(17)18/h3-5,7,12,16H,6H2,1-2H3. The third-order valence-electron chi connectivity index (χ3n) is 2.23. The molecule has 1 aromatic heterocycles. The summed E-state index contributed by atoms with van der Waals surface area (Å²) in [7, 11) is 0. The Bertz CT molecular complexity index is 493. The highest BCUT2D eigenvalue weighted by atomic mass is 16.6. The molecule has 1 rings (SSSR count). The van der Waals surface area contributed by atoms with E-state index in [9.17, 15) is 20.0 Å². The molecule has 96 valence electrons. The van der Waals surface area contributed by atoms with Gasteiger partial charge in [0, 0.05) is 12.6 Å². The van der Waals surface area contributed by atoms with E-state index in [4.69, 9.17) is 0 Å². The first kappa shape index (κ1) is 14.0. The van der Waals surface area contributed by atoms with Crippen molar-refractivity contribution in [3.05, 3.63) is 45.8 Å². The normalized spacial score (nSPS) is 11.7. The number of nitrogens with zero attached hydrogens (tertiary/aromatic N) is 2. The molecule has 0 amide bonds. The number of ketones is 1. The summed E-state index contributed by atoms with van der Waals surface area (Å²) in [4.78, 5) is 25.2. The number of pyridine rings is 1. The molecule has 0 aliphatic carbocycles. The molecule has 0 saturated carbocycles. The zero-order chi connectivity index (χ0) is 13.7. The van der Waals surface area contributed by atoms with Crippen molar-refractivity contribution in [1.29, 1.82) is 0 Å². The van der Waals surface area contributed by atoms with Crippen molar-refractivity contribution in [2.45, 2.75) is 26.4 Å². The number of rotatable bonds is 5. The number of carbonyl (C=O) groups excluding carboxylic acids is 1. The lowest BCUT2D eigenvalue weighted by molar-refractivity contribution is -0.386. The number of aliphatic hydroxyl groups excluding tert-OH is 1. The van der Waals surface area contributed by atoms with E-state index in [1.165, 1.54) is 18.3 Å². The Balaban J connectivity index is 2.91. The molecule has 0 spiro atoms. The van der Waals surface area contributed by atoms with Crippen LogP contribution in [-0.2, 0) is 4.79 Å². The number of hydrogen-bond acceptors (Lipinski definition) is 5. The van der Waals surface area contributed by atoms with Gasteiger partial charge in [0.1, 0.15) is 6.20 Å². The molecule has 0 saturated heterocycles. The van der Waals surface area contributed by atoms with Gasteiger partial charge in [0.15, 0.2) is 5.78 Å². The van der Waals surface area contributed by atoms with Crippen LogP contribution >= 0.6 is 0 Å². The van der Waals surface area contributed by atoms with Crippen molar-refractivity contribution in [3.63, 3.8) is 0 Å².